The summed E-state index contributed by atoms with van der Waals surface area (Å²) in [7, 11) is -9.92. The molecule has 6 atom stereocenters. The third-order valence-corrected chi connectivity index (χ3v) is 21.4. The number of phosphoric acid groups is 2. The lowest BCUT2D eigenvalue weighted by Crippen LogP contribution is -2.30. The number of carbonyl (C=O) groups is 4. The largest absolute Gasteiger partial charge is 0.472 e. The SMILES string of the molecule is CCCCCCCCCCCCCCCCCCCCCC(=O)O[C@H](COC(=O)CCCCCCCCCCCCCCCCC(C)C)COP(=O)(O)OC[C@@H](O)COP(=O)(O)OC[C@@H](COC(=O)CCCCCCCCCCC(C)C)OC(=O)CCCCCCCCCCCCC(C)CC. The highest BCUT2D eigenvalue weighted by atomic mass is 31.2. The first-order valence-corrected chi connectivity index (χ1v) is 45.4. The molecule has 19 heteroatoms. The summed E-state index contributed by atoms with van der Waals surface area (Å²) in [5, 5.41) is 10.7. The molecule has 0 bridgehead atoms. The summed E-state index contributed by atoms with van der Waals surface area (Å²) < 4.78 is 68.8. The summed E-state index contributed by atoms with van der Waals surface area (Å²) in [5.74, 6) is 0.218. The van der Waals surface area contributed by atoms with Crippen LogP contribution in [0.15, 0.2) is 0 Å². The predicted octanol–water partition coefficient (Wildman–Crippen LogP) is 24.5. The van der Waals surface area contributed by atoms with Crippen molar-refractivity contribution in [2.75, 3.05) is 39.6 Å². The fourth-order valence-corrected chi connectivity index (χ4v) is 14.2. The van der Waals surface area contributed by atoms with Crippen LogP contribution in [0, 0.1) is 17.8 Å². The molecule has 0 aliphatic heterocycles. The van der Waals surface area contributed by atoms with Crippen LogP contribution in [0.4, 0.5) is 0 Å². The first-order chi connectivity index (χ1) is 48.8. The highest BCUT2D eigenvalue weighted by Crippen LogP contribution is 2.45. The van der Waals surface area contributed by atoms with Crippen molar-refractivity contribution < 1.29 is 80.2 Å². The van der Waals surface area contributed by atoms with E-state index in [1.807, 2.05) is 0 Å². The summed E-state index contributed by atoms with van der Waals surface area (Å²) in [4.78, 5) is 73.1. The molecule has 0 amide bonds. The second kappa shape index (κ2) is 72.3. The number of esters is 4. The van der Waals surface area contributed by atoms with Gasteiger partial charge in [-0.25, -0.2) is 9.13 Å². The fraction of sp³-hybridized carbons (Fsp3) is 0.951. The molecule has 0 spiro atoms. The monoisotopic (exact) mass is 1480 g/mol. The highest BCUT2D eigenvalue weighted by Gasteiger charge is 2.30. The number of aliphatic hydroxyl groups excluding tert-OH is 1. The zero-order chi connectivity index (χ0) is 74.4. The second-order valence-corrected chi connectivity index (χ2v) is 33.6. The number of rotatable bonds is 80. The molecule has 17 nitrogen and oxygen atoms in total. The molecule has 0 aliphatic rings. The van der Waals surface area contributed by atoms with Gasteiger partial charge < -0.3 is 33.8 Å². The Balaban J connectivity index is 5.25. The summed E-state index contributed by atoms with van der Waals surface area (Å²) >= 11 is 0. The molecular formula is C82H160O17P2. The molecule has 0 heterocycles. The van der Waals surface area contributed by atoms with E-state index in [0.29, 0.717) is 25.7 Å². The third-order valence-electron chi connectivity index (χ3n) is 19.5. The average molecular weight is 1480 g/mol. The lowest BCUT2D eigenvalue weighted by Gasteiger charge is -2.21. The van der Waals surface area contributed by atoms with E-state index in [-0.39, 0.29) is 25.7 Å². The average Bonchev–Trinajstić information content (AvgIpc) is 0.916. The fourth-order valence-electron chi connectivity index (χ4n) is 12.6. The van der Waals surface area contributed by atoms with Crippen molar-refractivity contribution in [2.24, 2.45) is 17.8 Å². The van der Waals surface area contributed by atoms with E-state index in [2.05, 4.69) is 48.5 Å². The Labute approximate surface area is 619 Å². The van der Waals surface area contributed by atoms with Crippen molar-refractivity contribution in [3.8, 4) is 0 Å². The maximum Gasteiger partial charge on any atom is 0.472 e. The van der Waals surface area contributed by atoms with Crippen LogP contribution in [0.1, 0.15) is 427 Å². The Morgan fingerprint density at radius 2 is 0.505 bits per heavy atom. The molecule has 101 heavy (non-hydrogen) atoms. The zero-order valence-electron chi connectivity index (χ0n) is 66.4. The Morgan fingerprint density at radius 1 is 0.287 bits per heavy atom. The Bertz CT molecular complexity index is 1960. The van der Waals surface area contributed by atoms with Gasteiger partial charge in [-0.15, -0.1) is 0 Å². The van der Waals surface area contributed by atoms with Crippen LogP contribution in [0.25, 0.3) is 0 Å². The van der Waals surface area contributed by atoms with Gasteiger partial charge in [-0.05, 0) is 43.4 Å². The second-order valence-electron chi connectivity index (χ2n) is 30.7. The van der Waals surface area contributed by atoms with Crippen LogP contribution in [-0.4, -0.2) is 96.7 Å². The van der Waals surface area contributed by atoms with Crippen molar-refractivity contribution in [1.29, 1.82) is 0 Å². The molecule has 600 valence electrons. The minimum absolute atomic E-state index is 0.106. The van der Waals surface area contributed by atoms with Gasteiger partial charge in [0.15, 0.2) is 12.2 Å². The summed E-state index contributed by atoms with van der Waals surface area (Å²) in [6.07, 6.45) is 61.0. The summed E-state index contributed by atoms with van der Waals surface area (Å²) in [6, 6.07) is 0. The zero-order valence-corrected chi connectivity index (χ0v) is 68.2. The number of hydrogen-bond donors (Lipinski definition) is 3. The van der Waals surface area contributed by atoms with Crippen molar-refractivity contribution in [3.63, 3.8) is 0 Å². The van der Waals surface area contributed by atoms with Crippen molar-refractivity contribution in [3.05, 3.63) is 0 Å². The van der Waals surface area contributed by atoms with Gasteiger partial charge in [0.1, 0.15) is 19.3 Å². The lowest BCUT2D eigenvalue weighted by atomic mass is 9.99. The number of aliphatic hydroxyl groups is 1. The molecule has 0 saturated carbocycles. The normalized spacial score (nSPS) is 14.2. The molecule has 0 rings (SSSR count). The Hall–Kier alpha value is -1.94. The molecule has 0 aromatic heterocycles. The molecular weight excluding hydrogens is 1320 g/mol. The minimum Gasteiger partial charge on any atom is -0.462 e. The van der Waals surface area contributed by atoms with Crippen molar-refractivity contribution >= 4 is 39.5 Å². The van der Waals surface area contributed by atoms with Crippen LogP contribution in [0.3, 0.4) is 0 Å². The number of hydrogen-bond acceptors (Lipinski definition) is 15. The maximum absolute atomic E-state index is 13.1. The van der Waals surface area contributed by atoms with Gasteiger partial charge in [-0.2, -0.15) is 0 Å². The molecule has 0 aromatic rings. The van der Waals surface area contributed by atoms with E-state index in [9.17, 15) is 43.2 Å². The van der Waals surface area contributed by atoms with Gasteiger partial charge >= 0.3 is 39.5 Å². The van der Waals surface area contributed by atoms with Gasteiger partial charge in [-0.1, -0.05) is 376 Å². The summed E-state index contributed by atoms with van der Waals surface area (Å²) in [6.45, 7) is 12.0. The van der Waals surface area contributed by atoms with Crippen LogP contribution in [0.5, 0.6) is 0 Å². The number of carbonyl (C=O) groups excluding carboxylic acids is 4. The van der Waals surface area contributed by atoms with Crippen LogP contribution >= 0.6 is 15.6 Å². The van der Waals surface area contributed by atoms with Gasteiger partial charge in [0.2, 0.25) is 0 Å². The van der Waals surface area contributed by atoms with Gasteiger partial charge in [0.25, 0.3) is 0 Å². The minimum atomic E-state index is -4.96. The lowest BCUT2D eigenvalue weighted by molar-refractivity contribution is -0.161. The highest BCUT2D eigenvalue weighted by molar-refractivity contribution is 7.47. The number of unbranched alkanes of at least 4 members (excludes halogenated alkanes) is 47. The maximum atomic E-state index is 13.1. The van der Waals surface area contributed by atoms with Crippen molar-refractivity contribution in [2.45, 2.75) is 446 Å². The molecule has 0 aliphatic carbocycles. The standard InChI is InChI=1S/C82H160O17P2/c1-8-10-11-12-13-14-15-16-17-18-19-20-21-26-29-35-44-51-58-65-81(86)98-77(69-92-79(84)63-56-49-42-34-28-25-23-22-24-27-32-39-46-53-60-73(3)4)71-96-100(88,89)94-67-76(83)68-95-101(90,91)97-72-78(70-93-80(85)64-57-50-43-38-37-40-47-54-61-74(5)6)99-82(87)66-59-52-45-36-31-30-33-41-48-55-62-75(7)9-2/h73-78,83H,8-72H2,1-7H3,(H,88,89)(H,90,91)/t75?,76-,77-,78-/m1/s1. The Morgan fingerprint density at radius 3 is 0.752 bits per heavy atom. The van der Waals surface area contributed by atoms with Crippen LogP contribution in [0.2, 0.25) is 0 Å². The first kappa shape index (κ1) is 99.1. The van der Waals surface area contributed by atoms with E-state index in [4.69, 9.17) is 37.0 Å². The Kier molecular flexibility index (Phi) is 70.9. The van der Waals surface area contributed by atoms with Crippen LogP contribution < -0.4 is 0 Å². The number of phosphoric ester groups is 2. The van der Waals surface area contributed by atoms with E-state index in [1.165, 1.54) is 238 Å². The van der Waals surface area contributed by atoms with E-state index < -0.39 is 97.5 Å². The van der Waals surface area contributed by atoms with E-state index in [0.717, 1.165) is 108 Å². The van der Waals surface area contributed by atoms with Gasteiger partial charge in [0.05, 0.1) is 26.4 Å². The van der Waals surface area contributed by atoms with Gasteiger partial charge in [0, 0.05) is 25.7 Å². The van der Waals surface area contributed by atoms with Crippen LogP contribution in [-0.2, 0) is 65.4 Å². The quantitative estimate of drug-likeness (QED) is 0.0222. The molecule has 3 N–H and O–H groups in total. The molecule has 0 saturated heterocycles. The molecule has 3 unspecified atom stereocenters. The molecule has 0 fully saturated rings. The molecule has 0 radical (unpaired) electrons. The van der Waals surface area contributed by atoms with Crippen molar-refractivity contribution in [1.82, 2.24) is 0 Å². The van der Waals surface area contributed by atoms with E-state index in [1.54, 1.807) is 0 Å². The molecule has 0 aromatic carbocycles. The first-order valence-electron chi connectivity index (χ1n) is 42.4. The topological polar surface area (TPSA) is 237 Å². The number of ether oxygens (including phenoxy) is 4. The summed E-state index contributed by atoms with van der Waals surface area (Å²) in [5.41, 5.74) is 0. The van der Waals surface area contributed by atoms with Gasteiger partial charge in [-0.3, -0.25) is 37.3 Å². The third kappa shape index (κ3) is 74.7. The predicted molar refractivity (Wildman–Crippen MR) is 414 cm³/mol. The smallest absolute Gasteiger partial charge is 0.462 e. The van der Waals surface area contributed by atoms with E-state index >= 15 is 0 Å².